The van der Waals surface area contributed by atoms with Gasteiger partial charge in [-0.15, -0.1) is 21.5 Å². The second-order valence-electron chi connectivity index (χ2n) is 2.73. The topological polar surface area (TPSA) is 81.7 Å². The molecule has 6 nitrogen and oxygen atoms in total. The second kappa shape index (κ2) is 3.26. The number of rotatable bonds is 2. The maximum Gasteiger partial charge on any atom is 0.224 e. The van der Waals surface area contributed by atoms with Crippen LogP contribution in [0.1, 0.15) is 0 Å². The van der Waals surface area contributed by atoms with Gasteiger partial charge < -0.3 is 11.1 Å². The first-order chi connectivity index (χ1) is 6.72. The number of nitrogens with zero attached hydrogens (tertiary/aromatic N) is 4. The molecule has 0 unspecified atom stereocenters. The molecule has 0 spiro atoms. The highest BCUT2D eigenvalue weighted by Crippen LogP contribution is 2.22. The van der Waals surface area contributed by atoms with E-state index in [1.165, 1.54) is 11.3 Å². The molecule has 0 aromatic carbocycles. The lowest BCUT2D eigenvalue weighted by Crippen LogP contribution is -1.99. The summed E-state index contributed by atoms with van der Waals surface area (Å²) in [5, 5.41) is 13.3. The van der Waals surface area contributed by atoms with Crippen molar-refractivity contribution in [1.82, 2.24) is 19.7 Å². The molecule has 2 aromatic rings. The van der Waals surface area contributed by atoms with E-state index in [-0.39, 0.29) is 0 Å². The third kappa shape index (κ3) is 1.31. The molecule has 0 amide bonds. The number of aromatic nitrogens is 4. The van der Waals surface area contributed by atoms with Gasteiger partial charge in [-0.05, 0) is 0 Å². The van der Waals surface area contributed by atoms with E-state index in [1.807, 2.05) is 17.0 Å². The van der Waals surface area contributed by atoms with Crippen LogP contribution >= 0.6 is 11.3 Å². The largest absolute Gasteiger partial charge is 0.375 e. The van der Waals surface area contributed by atoms with E-state index >= 15 is 0 Å². The van der Waals surface area contributed by atoms with Gasteiger partial charge in [0.2, 0.25) is 5.95 Å². The van der Waals surface area contributed by atoms with Crippen molar-refractivity contribution >= 4 is 22.4 Å². The van der Waals surface area contributed by atoms with Crippen molar-refractivity contribution in [1.29, 1.82) is 0 Å². The Morgan fingerprint density at radius 2 is 2.29 bits per heavy atom. The minimum Gasteiger partial charge on any atom is -0.375 e. The number of hydrogen-bond acceptors (Lipinski definition) is 6. The zero-order chi connectivity index (χ0) is 10.1. The minimum absolute atomic E-state index is 0.536. The van der Waals surface area contributed by atoms with Gasteiger partial charge in [-0.3, -0.25) is 4.57 Å². The third-order valence-electron chi connectivity index (χ3n) is 1.85. The van der Waals surface area contributed by atoms with Gasteiger partial charge in [0.25, 0.3) is 0 Å². The van der Waals surface area contributed by atoms with E-state index in [0.29, 0.717) is 16.9 Å². The van der Waals surface area contributed by atoms with Crippen LogP contribution < -0.4 is 11.1 Å². The summed E-state index contributed by atoms with van der Waals surface area (Å²) in [6, 6.07) is 0. The third-order valence-corrected chi connectivity index (χ3v) is 2.52. The quantitative estimate of drug-likeness (QED) is 0.757. The molecule has 0 saturated heterocycles. The number of anilines is 2. The second-order valence-corrected chi connectivity index (χ2v) is 3.62. The van der Waals surface area contributed by atoms with E-state index in [9.17, 15) is 0 Å². The molecule has 0 fully saturated rings. The maximum absolute atomic E-state index is 5.54. The Kier molecular flexibility index (Phi) is 2.08. The number of nitrogens with one attached hydrogen (secondary N) is 1. The number of hydrogen-bond donors (Lipinski definition) is 2. The Hall–Kier alpha value is -1.63. The molecule has 3 N–H and O–H groups in total. The smallest absolute Gasteiger partial charge is 0.224 e. The zero-order valence-corrected chi connectivity index (χ0v) is 8.67. The Morgan fingerprint density at radius 3 is 2.79 bits per heavy atom. The normalized spacial score (nSPS) is 10.4. The van der Waals surface area contributed by atoms with Crippen LogP contribution in [0.3, 0.4) is 0 Å². The van der Waals surface area contributed by atoms with E-state index in [4.69, 9.17) is 5.73 Å². The van der Waals surface area contributed by atoms with E-state index in [0.717, 1.165) is 5.69 Å². The maximum atomic E-state index is 5.54. The van der Waals surface area contributed by atoms with Crippen molar-refractivity contribution < 1.29 is 0 Å². The van der Waals surface area contributed by atoms with Crippen molar-refractivity contribution in [2.75, 3.05) is 18.1 Å². The highest BCUT2D eigenvalue weighted by molar-refractivity contribution is 7.13. The molecule has 0 radical (unpaired) electrons. The average molecular weight is 210 g/mol. The van der Waals surface area contributed by atoms with Gasteiger partial charge in [0, 0.05) is 19.5 Å². The van der Waals surface area contributed by atoms with Crippen LogP contribution in [0.25, 0.3) is 11.5 Å². The summed E-state index contributed by atoms with van der Waals surface area (Å²) in [7, 11) is 3.67. The van der Waals surface area contributed by atoms with Crippen LogP contribution in [0.2, 0.25) is 0 Å². The lowest BCUT2D eigenvalue weighted by molar-refractivity contribution is 0.921. The van der Waals surface area contributed by atoms with Crippen LogP contribution in [-0.2, 0) is 7.05 Å². The van der Waals surface area contributed by atoms with Crippen LogP contribution in [0.4, 0.5) is 11.1 Å². The fourth-order valence-corrected chi connectivity index (χ4v) is 1.70. The molecule has 0 aliphatic rings. The highest BCUT2D eigenvalue weighted by atomic mass is 32.1. The van der Waals surface area contributed by atoms with Gasteiger partial charge >= 0.3 is 0 Å². The first kappa shape index (κ1) is 8.95. The summed E-state index contributed by atoms with van der Waals surface area (Å²) >= 11 is 1.39. The minimum atomic E-state index is 0.536. The SMILES string of the molecule is CNc1nnc(-c2csc(N)n2)n1C. The molecule has 2 rings (SSSR count). The summed E-state index contributed by atoms with van der Waals surface area (Å²) in [6.45, 7) is 0. The number of nitrogen functional groups attached to an aromatic ring is 1. The van der Waals surface area contributed by atoms with E-state index in [1.54, 1.807) is 7.05 Å². The summed E-state index contributed by atoms with van der Waals surface area (Å²) < 4.78 is 1.83. The Morgan fingerprint density at radius 1 is 1.50 bits per heavy atom. The molecular formula is C7H10N6S. The predicted molar refractivity (Wildman–Crippen MR) is 56.1 cm³/mol. The number of thiazole rings is 1. The van der Waals surface area contributed by atoms with Gasteiger partial charge in [-0.2, -0.15) is 0 Å². The van der Waals surface area contributed by atoms with Crippen molar-refractivity contribution in [3.63, 3.8) is 0 Å². The van der Waals surface area contributed by atoms with Gasteiger partial charge in [0.15, 0.2) is 11.0 Å². The fourth-order valence-electron chi connectivity index (χ4n) is 1.16. The fraction of sp³-hybridized carbons (Fsp3) is 0.286. The van der Waals surface area contributed by atoms with E-state index in [2.05, 4.69) is 20.5 Å². The lowest BCUT2D eigenvalue weighted by atomic mass is 10.4. The Balaban J connectivity index is 2.46. The highest BCUT2D eigenvalue weighted by Gasteiger charge is 2.11. The predicted octanol–water partition coefficient (Wildman–Crippen LogP) is 0.562. The average Bonchev–Trinajstić information content (AvgIpc) is 2.72. The molecule has 0 saturated carbocycles. The van der Waals surface area contributed by atoms with Gasteiger partial charge in [-0.1, -0.05) is 0 Å². The lowest BCUT2D eigenvalue weighted by Gasteiger charge is -1.99. The molecule has 74 valence electrons. The molecule has 7 heteroatoms. The van der Waals surface area contributed by atoms with Crippen molar-refractivity contribution in [2.24, 2.45) is 7.05 Å². The first-order valence-corrected chi connectivity index (χ1v) is 4.89. The van der Waals surface area contributed by atoms with Crippen LogP contribution in [-0.4, -0.2) is 26.8 Å². The van der Waals surface area contributed by atoms with Gasteiger partial charge in [0.1, 0.15) is 5.69 Å². The van der Waals surface area contributed by atoms with Crippen molar-refractivity contribution in [2.45, 2.75) is 0 Å². The van der Waals surface area contributed by atoms with Crippen LogP contribution in [0.5, 0.6) is 0 Å². The summed E-state index contributed by atoms with van der Waals surface area (Å²) in [4.78, 5) is 4.13. The van der Waals surface area contributed by atoms with Gasteiger partial charge in [-0.25, -0.2) is 4.98 Å². The van der Waals surface area contributed by atoms with Gasteiger partial charge in [0.05, 0.1) is 0 Å². The summed E-state index contributed by atoms with van der Waals surface area (Å²) in [5.74, 6) is 1.41. The Labute approximate surface area is 84.8 Å². The Bertz CT molecular complexity index is 445. The van der Waals surface area contributed by atoms with Crippen LogP contribution in [0.15, 0.2) is 5.38 Å². The molecular weight excluding hydrogens is 200 g/mol. The van der Waals surface area contributed by atoms with Crippen molar-refractivity contribution in [3.05, 3.63) is 5.38 Å². The molecule has 2 heterocycles. The van der Waals surface area contributed by atoms with Crippen molar-refractivity contribution in [3.8, 4) is 11.5 Å². The number of nitrogens with two attached hydrogens (primary N) is 1. The molecule has 0 aliphatic carbocycles. The molecule has 0 aliphatic heterocycles. The molecule has 14 heavy (non-hydrogen) atoms. The molecule has 0 bridgehead atoms. The summed E-state index contributed by atoms with van der Waals surface area (Å²) in [5.41, 5.74) is 6.29. The standard InChI is InChI=1S/C7H10N6S/c1-9-7-12-11-5(13(7)2)4-3-14-6(8)10-4/h3H,1-2H3,(H2,8,10)(H,9,12). The molecule has 0 atom stereocenters. The first-order valence-electron chi connectivity index (χ1n) is 4.01. The monoisotopic (exact) mass is 210 g/mol. The van der Waals surface area contributed by atoms with Crippen LogP contribution in [0, 0.1) is 0 Å². The van der Waals surface area contributed by atoms with E-state index < -0.39 is 0 Å². The molecule has 2 aromatic heterocycles. The zero-order valence-electron chi connectivity index (χ0n) is 7.85. The summed E-state index contributed by atoms with van der Waals surface area (Å²) in [6.07, 6.45) is 0.